The maximum absolute atomic E-state index is 14.0. The van der Waals surface area contributed by atoms with E-state index in [1.165, 1.54) is 36.4 Å². The molecule has 0 spiro atoms. The second kappa shape index (κ2) is 5.32. The minimum atomic E-state index is -5.12. The number of fused-ring (bicyclic) bond motifs is 2. The van der Waals surface area contributed by atoms with Crippen molar-refractivity contribution in [2.45, 2.75) is 29.1 Å². The lowest BCUT2D eigenvalue weighted by Crippen LogP contribution is -2.67. The van der Waals surface area contributed by atoms with Crippen molar-refractivity contribution in [1.82, 2.24) is 4.31 Å². The zero-order chi connectivity index (χ0) is 17.8. The van der Waals surface area contributed by atoms with Crippen molar-refractivity contribution in [3.05, 3.63) is 42.5 Å². The van der Waals surface area contributed by atoms with Crippen molar-refractivity contribution in [2.75, 3.05) is 7.11 Å². The molecule has 1 heterocycles. The van der Waals surface area contributed by atoms with Gasteiger partial charge in [-0.3, -0.25) is 0 Å². The average molecular weight is 361 g/mol. The number of halogens is 3. The number of carbonyl (C=O) groups is 1. The fraction of sp³-hybridized carbons (Fsp3) is 0.400. The Kier molecular flexibility index (Phi) is 3.76. The number of sulfonamides is 1. The van der Waals surface area contributed by atoms with Gasteiger partial charge in [-0.05, 0) is 18.6 Å². The monoisotopic (exact) mass is 361 g/mol. The Morgan fingerprint density at radius 2 is 1.88 bits per heavy atom. The lowest BCUT2D eigenvalue weighted by Gasteiger charge is -2.41. The van der Waals surface area contributed by atoms with Gasteiger partial charge in [0.05, 0.1) is 12.0 Å². The first kappa shape index (κ1) is 17.0. The minimum Gasteiger partial charge on any atom is -0.467 e. The molecule has 130 valence electrons. The third-order valence-corrected chi connectivity index (χ3v) is 6.42. The zero-order valence-corrected chi connectivity index (χ0v) is 13.3. The van der Waals surface area contributed by atoms with Crippen LogP contribution < -0.4 is 0 Å². The number of methoxy groups -OCH3 is 1. The van der Waals surface area contributed by atoms with Crippen molar-refractivity contribution in [1.29, 1.82) is 0 Å². The fourth-order valence-electron chi connectivity index (χ4n) is 3.51. The van der Waals surface area contributed by atoms with Crippen molar-refractivity contribution < 1.29 is 31.1 Å². The summed E-state index contributed by atoms with van der Waals surface area (Å²) in [6, 6.07) is 5.72. The summed E-state index contributed by atoms with van der Waals surface area (Å²) < 4.78 is 72.3. The van der Waals surface area contributed by atoms with Crippen molar-refractivity contribution in [3.63, 3.8) is 0 Å². The maximum atomic E-state index is 14.0. The lowest BCUT2D eigenvalue weighted by atomic mass is 9.85. The minimum absolute atomic E-state index is 0.110. The molecular formula is C15H14F3NO4S. The van der Waals surface area contributed by atoms with Gasteiger partial charge in [0.2, 0.25) is 15.6 Å². The van der Waals surface area contributed by atoms with Gasteiger partial charge in [0, 0.05) is 12.0 Å². The number of esters is 1. The molecule has 9 heteroatoms. The molecule has 0 radical (unpaired) electrons. The smallest absolute Gasteiger partial charge is 0.419 e. The Morgan fingerprint density at radius 1 is 1.25 bits per heavy atom. The molecule has 0 aromatic heterocycles. The van der Waals surface area contributed by atoms with Gasteiger partial charge in [0.25, 0.3) is 0 Å². The van der Waals surface area contributed by atoms with Crippen LogP contribution in [0.2, 0.25) is 0 Å². The molecule has 3 atom stereocenters. The number of carbonyl (C=O) groups excluding carboxylic acids is 1. The molecule has 2 aliphatic rings. The molecule has 24 heavy (non-hydrogen) atoms. The van der Waals surface area contributed by atoms with Gasteiger partial charge in [0.1, 0.15) is 0 Å². The quantitative estimate of drug-likeness (QED) is 0.611. The van der Waals surface area contributed by atoms with Crippen LogP contribution in [0.4, 0.5) is 13.2 Å². The van der Waals surface area contributed by atoms with Crippen LogP contribution in [-0.2, 0) is 19.6 Å². The van der Waals surface area contributed by atoms with Crippen LogP contribution in [0.3, 0.4) is 0 Å². The van der Waals surface area contributed by atoms with Crippen LogP contribution in [0.15, 0.2) is 47.4 Å². The number of hydrogen-bond acceptors (Lipinski definition) is 4. The van der Waals surface area contributed by atoms with E-state index in [0.717, 1.165) is 7.11 Å². The van der Waals surface area contributed by atoms with E-state index in [0.29, 0.717) is 0 Å². The van der Waals surface area contributed by atoms with Gasteiger partial charge >= 0.3 is 12.1 Å². The maximum Gasteiger partial charge on any atom is 0.419 e. The first-order chi connectivity index (χ1) is 11.2. The van der Waals surface area contributed by atoms with E-state index in [4.69, 9.17) is 0 Å². The predicted molar refractivity (Wildman–Crippen MR) is 77.3 cm³/mol. The molecule has 1 fully saturated rings. The van der Waals surface area contributed by atoms with Crippen LogP contribution >= 0.6 is 0 Å². The summed E-state index contributed by atoms with van der Waals surface area (Å²) >= 11 is 0. The normalized spacial score (nSPS) is 29.8. The van der Waals surface area contributed by atoms with E-state index in [-0.39, 0.29) is 15.6 Å². The van der Waals surface area contributed by atoms with Crippen molar-refractivity contribution in [2.24, 2.45) is 5.92 Å². The van der Waals surface area contributed by atoms with Crippen molar-refractivity contribution >= 4 is 16.0 Å². The van der Waals surface area contributed by atoms with E-state index in [2.05, 4.69) is 4.74 Å². The van der Waals surface area contributed by atoms with E-state index in [1.807, 2.05) is 0 Å². The number of benzene rings is 1. The molecule has 3 rings (SSSR count). The number of rotatable bonds is 3. The Labute approximate surface area is 136 Å². The second-order valence-electron chi connectivity index (χ2n) is 5.66. The molecule has 1 aliphatic carbocycles. The number of alkyl halides is 3. The van der Waals surface area contributed by atoms with Gasteiger partial charge in [0.15, 0.2) is 0 Å². The van der Waals surface area contributed by atoms with Gasteiger partial charge in [-0.2, -0.15) is 17.5 Å². The molecule has 1 aliphatic heterocycles. The van der Waals surface area contributed by atoms with Gasteiger partial charge in [-0.15, -0.1) is 0 Å². The number of hydrogen-bond donors (Lipinski definition) is 0. The molecule has 5 nitrogen and oxygen atoms in total. The number of nitrogens with zero attached hydrogens (tertiary/aromatic N) is 1. The zero-order valence-electron chi connectivity index (χ0n) is 12.5. The highest BCUT2D eigenvalue weighted by molar-refractivity contribution is 7.89. The first-order valence-electron chi connectivity index (χ1n) is 7.10. The molecule has 0 N–H and O–H groups in total. The van der Waals surface area contributed by atoms with Crippen molar-refractivity contribution in [3.8, 4) is 0 Å². The van der Waals surface area contributed by atoms with Crippen LogP contribution in [-0.4, -0.2) is 43.6 Å². The summed E-state index contributed by atoms with van der Waals surface area (Å²) in [6.45, 7) is 0. The SMILES string of the molecule is COC(=O)C1(C(F)(F)F)C2C=CC(C2)N1S(=O)(=O)c1ccccc1. The Bertz CT molecular complexity index is 791. The largest absolute Gasteiger partial charge is 0.467 e. The highest BCUT2D eigenvalue weighted by Crippen LogP contribution is 2.55. The summed E-state index contributed by atoms with van der Waals surface area (Å²) in [4.78, 5) is 11.9. The van der Waals surface area contributed by atoms with Crippen LogP contribution in [0.25, 0.3) is 0 Å². The van der Waals surface area contributed by atoms with Crippen LogP contribution in [0.5, 0.6) is 0 Å². The van der Waals surface area contributed by atoms with Crippen LogP contribution in [0.1, 0.15) is 6.42 Å². The summed E-state index contributed by atoms with van der Waals surface area (Å²) in [5.41, 5.74) is -3.24. The fourth-order valence-corrected chi connectivity index (χ4v) is 5.44. The lowest BCUT2D eigenvalue weighted by molar-refractivity contribution is -0.230. The predicted octanol–water partition coefficient (Wildman–Crippen LogP) is 2.11. The second-order valence-corrected chi connectivity index (χ2v) is 7.48. The van der Waals surface area contributed by atoms with E-state index < -0.39 is 39.7 Å². The van der Waals surface area contributed by atoms with E-state index in [1.54, 1.807) is 6.07 Å². The average Bonchev–Trinajstić information content (AvgIpc) is 3.14. The van der Waals surface area contributed by atoms with Gasteiger partial charge < -0.3 is 4.74 Å². The Balaban J connectivity index is 2.25. The summed E-state index contributed by atoms with van der Waals surface area (Å²) in [7, 11) is -3.74. The Hall–Kier alpha value is -1.87. The number of ether oxygens (including phenoxy) is 1. The standard InChI is InChI=1S/C15H14F3NO4S/c1-23-13(20)14(15(16,17)18)10-7-8-11(9-10)19(14)24(21,22)12-5-3-2-4-6-12/h2-8,10-11H,9H2,1H3. The summed E-state index contributed by atoms with van der Waals surface area (Å²) in [5, 5.41) is 0. The van der Waals surface area contributed by atoms with E-state index >= 15 is 0 Å². The van der Waals surface area contributed by atoms with E-state index in [9.17, 15) is 26.4 Å². The Morgan fingerprint density at radius 3 is 2.42 bits per heavy atom. The topological polar surface area (TPSA) is 63.7 Å². The third-order valence-electron chi connectivity index (χ3n) is 4.48. The molecule has 0 amide bonds. The molecule has 1 saturated heterocycles. The third kappa shape index (κ3) is 2.04. The van der Waals surface area contributed by atoms with Crippen LogP contribution in [0, 0.1) is 5.92 Å². The molecule has 0 saturated carbocycles. The molecule has 2 bridgehead atoms. The molecular weight excluding hydrogens is 347 g/mol. The highest BCUT2D eigenvalue weighted by atomic mass is 32.2. The molecule has 3 unspecified atom stereocenters. The molecule has 1 aromatic carbocycles. The summed E-state index contributed by atoms with van der Waals surface area (Å²) in [5.74, 6) is -2.93. The summed E-state index contributed by atoms with van der Waals surface area (Å²) in [6.07, 6.45) is -2.60. The van der Waals surface area contributed by atoms with Gasteiger partial charge in [-0.1, -0.05) is 30.4 Å². The van der Waals surface area contributed by atoms with Gasteiger partial charge in [-0.25, -0.2) is 13.2 Å². The first-order valence-corrected chi connectivity index (χ1v) is 8.54. The molecule has 1 aromatic rings. The highest BCUT2D eigenvalue weighted by Gasteiger charge is 2.76.